The van der Waals surface area contributed by atoms with Crippen LogP contribution in [0, 0.1) is 12.7 Å². The van der Waals surface area contributed by atoms with Crippen LogP contribution >= 0.6 is 0 Å². The highest BCUT2D eigenvalue weighted by atomic mass is 32.2. The molecule has 2 aromatic rings. The van der Waals surface area contributed by atoms with Crippen LogP contribution in [0.4, 0.5) is 15.8 Å². The highest BCUT2D eigenvalue weighted by Crippen LogP contribution is 2.18. The first-order valence-electron chi connectivity index (χ1n) is 6.40. The molecule has 0 heterocycles. The third-order valence-electron chi connectivity index (χ3n) is 2.96. The summed E-state index contributed by atoms with van der Waals surface area (Å²) in [6.07, 6.45) is 1.10. The summed E-state index contributed by atoms with van der Waals surface area (Å²) in [6, 6.07) is 11.6. The van der Waals surface area contributed by atoms with Crippen LogP contribution in [0.25, 0.3) is 0 Å². The highest BCUT2D eigenvalue weighted by Gasteiger charge is 2.04. The third kappa shape index (κ3) is 4.75. The number of hydrogen-bond donors (Lipinski definition) is 2. The molecule has 2 N–H and O–H groups in total. The van der Waals surface area contributed by atoms with Crippen LogP contribution < -0.4 is 10.0 Å². The molecule has 0 saturated heterocycles. The molecule has 0 bridgehead atoms. The van der Waals surface area contributed by atoms with Gasteiger partial charge in [-0.25, -0.2) is 12.8 Å². The van der Waals surface area contributed by atoms with Crippen molar-refractivity contribution in [2.24, 2.45) is 0 Å². The second-order valence-electron chi connectivity index (χ2n) is 4.88. The maximum atomic E-state index is 13.2. The minimum absolute atomic E-state index is 0.273. The summed E-state index contributed by atoms with van der Waals surface area (Å²) in [5.41, 5.74) is 3.09. The summed E-state index contributed by atoms with van der Waals surface area (Å²) in [5, 5.41) is 3.15. The van der Waals surface area contributed by atoms with E-state index in [9.17, 15) is 12.8 Å². The van der Waals surface area contributed by atoms with Crippen molar-refractivity contribution in [3.8, 4) is 0 Å². The van der Waals surface area contributed by atoms with Crippen molar-refractivity contribution in [2.45, 2.75) is 13.5 Å². The van der Waals surface area contributed by atoms with Crippen LogP contribution in [0.3, 0.4) is 0 Å². The number of benzene rings is 2. The van der Waals surface area contributed by atoms with Gasteiger partial charge in [0.15, 0.2) is 0 Å². The fourth-order valence-corrected chi connectivity index (χ4v) is 2.49. The average Bonchev–Trinajstić information content (AvgIpc) is 2.38. The maximum Gasteiger partial charge on any atom is 0.229 e. The standard InChI is InChI=1S/C15H17FN2O2S/c1-11-6-7-13(16)8-12(11)10-17-14-4-3-5-15(9-14)18-21(2,19)20/h3-9,17-18H,10H2,1-2H3. The van der Waals surface area contributed by atoms with Crippen molar-refractivity contribution in [1.29, 1.82) is 0 Å². The predicted molar refractivity (Wildman–Crippen MR) is 83.4 cm³/mol. The summed E-state index contributed by atoms with van der Waals surface area (Å²) in [6.45, 7) is 2.38. The van der Waals surface area contributed by atoms with Gasteiger partial charge in [-0.05, 0) is 48.4 Å². The topological polar surface area (TPSA) is 58.2 Å². The van der Waals surface area contributed by atoms with E-state index in [4.69, 9.17) is 0 Å². The Hall–Kier alpha value is -2.08. The lowest BCUT2D eigenvalue weighted by Gasteiger charge is -2.11. The molecule has 21 heavy (non-hydrogen) atoms. The molecule has 0 aromatic heterocycles. The molecule has 0 aliphatic rings. The van der Waals surface area contributed by atoms with Crippen LogP contribution in [0.5, 0.6) is 0 Å². The van der Waals surface area contributed by atoms with Gasteiger partial charge in [-0.2, -0.15) is 0 Å². The normalized spacial score (nSPS) is 11.2. The quantitative estimate of drug-likeness (QED) is 0.892. The fraction of sp³-hybridized carbons (Fsp3) is 0.200. The van der Waals surface area contributed by atoms with Gasteiger partial charge >= 0.3 is 0 Å². The zero-order valence-corrected chi connectivity index (χ0v) is 12.7. The average molecular weight is 308 g/mol. The number of nitrogens with one attached hydrogen (secondary N) is 2. The smallest absolute Gasteiger partial charge is 0.229 e. The summed E-state index contributed by atoms with van der Waals surface area (Å²) in [4.78, 5) is 0. The molecule has 0 aliphatic carbocycles. The van der Waals surface area contributed by atoms with Crippen molar-refractivity contribution in [2.75, 3.05) is 16.3 Å². The molecule has 0 radical (unpaired) electrons. The van der Waals surface area contributed by atoms with E-state index in [0.717, 1.165) is 23.1 Å². The zero-order chi connectivity index (χ0) is 15.5. The molecule has 0 aliphatic heterocycles. The molecule has 2 rings (SSSR count). The van der Waals surface area contributed by atoms with E-state index in [0.29, 0.717) is 12.2 Å². The van der Waals surface area contributed by atoms with Crippen LogP contribution in [-0.2, 0) is 16.6 Å². The van der Waals surface area contributed by atoms with Gasteiger partial charge in [0.2, 0.25) is 10.0 Å². The Kier molecular flexibility index (Phi) is 4.47. The number of hydrogen-bond acceptors (Lipinski definition) is 3. The van der Waals surface area contributed by atoms with Crippen molar-refractivity contribution in [3.63, 3.8) is 0 Å². The van der Waals surface area contributed by atoms with E-state index >= 15 is 0 Å². The molecule has 112 valence electrons. The van der Waals surface area contributed by atoms with Crippen LogP contribution in [0.15, 0.2) is 42.5 Å². The molecule has 0 spiro atoms. The first kappa shape index (κ1) is 15.3. The van der Waals surface area contributed by atoms with E-state index in [1.165, 1.54) is 12.1 Å². The molecule has 0 atom stereocenters. The maximum absolute atomic E-state index is 13.2. The number of halogens is 1. The molecule has 0 amide bonds. The van der Waals surface area contributed by atoms with E-state index in [2.05, 4.69) is 10.0 Å². The fourth-order valence-electron chi connectivity index (χ4n) is 1.93. The van der Waals surface area contributed by atoms with Gasteiger partial charge in [0.25, 0.3) is 0 Å². The second kappa shape index (κ2) is 6.13. The number of anilines is 2. The highest BCUT2D eigenvalue weighted by molar-refractivity contribution is 7.92. The van der Waals surface area contributed by atoms with Crippen LogP contribution in [0.1, 0.15) is 11.1 Å². The monoisotopic (exact) mass is 308 g/mol. The lowest BCUT2D eigenvalue weighted by Crippen LogP contribution is -2.09. The molecule has 0 fully saturated rings. The van der Waals surface area contributed by atoms with Crippen molar-refractivity contribution in [3.05, 3.63) is 59.4 Å². The zero-order valence-electron chi connectivity index (χ0n) is 11.9. The van der Waals surface area contributed by atoms with E-state index in [-0.39, 0.29) is 5.82 Å². The minimum Gasteiger partial charge on any atom is -0.381 e. The van der Waals surface area contributed by atoms with Gasteiger partial charge in [-0.15, -0.1) is 0 Å². The largest absolute Gasteiger partial charge is 0.381 e. The Morgan fingerprint density at radius 2 is 1.81 bits per heavy atom. The van der Waals surface area contributed by atoms with E-state index < -0.39 is 10.0 Å². The summed E-state index contributed by atoms with van der Waals surface area (Å²) >= 11 is 0. The Bertz CT molecular complexity index is 745. The Morgan fingerprint density at radius 1 is 1.10 bits per heavy atom. The van der Waals surface area contributed by atoms with Gasteiger partial charge in [0, 0.05) is 12.2 Å². The SMILES string of the molecule is Cc1ccc(F)cc1CNc1cccc(NS(C)(=O)=O)c1. The van der Waals surface area contributed by atoms with Crippen molar-refractivity contribution < 1.29 is 12.8 Å². The van der Waals surface area contributed by atoms with Gasteiger partial charge in [0.1, 0.15) is 5.82 Å². The second-order valence-corrected chi connectivity index (χ2v) is 6.63. The molecule has 0 unspecified atom stereocenters. The molecule has 2 aromatic carbocycles. The van der Waals surface area contributed by atoms with E-state index in [1.807, 2.05) is 13.0 Å². The van der Waals surface area contributed by atoms with Gasteiger partial charge in [-0.3, -0.25) is 4.72 Å². The Labute approximate surface area is 124 Å². The number of sulfonamides is 1. The van der Waals surface area contributed by atoms with Gasteiger partial charge < -0.3 is 5.32 Å². The lowest BCUT2D eigenvalue weighted by atomic mass is 10.1. The van der Waals surface area contributed by atoms with Crippen molar-refractivity contribution >= 4 is 21.4 Å². The van der Waals surface area contributed by atoms with Crippen molar-refractivity contribution in [1.82, 2.24) is 0 Å². The summed E-state index contributed by atoms with van der Waals surface area (Å²) < 4.78 is 38.0. The lowest BCUT2D eigenvalue weighted by molar-refractivity contribution is 0.607. The number of aryl methyl sites for hydroxylation is 1. The first-order valence-corrected chi connectivity index (χ1v) is 8.29. The summed E-state index contributed by atoms with van der Waals surface area (Å²) in [7, 11) is -3.30. The van der Waals surface area contributed by atoms with Gasteiger partial charge in [0.05, 0.1) is 11.9 Å². The summed E-state index contributed by atoms with van der Waals surface area (Å²) in [5.74, 6) is -0.273. The number of rotatable bonds is 5. The third-order valence-corrected chi connectivity index (χ3v) is 3.57. The molecule has 4 nitrogen and oxygen atoms in total. The molecule has 0 saturated carbocycles. The van der Waals surface area contributed by atoms with Crippen LogP contribution in [-0.4, -0.2) is 14.7 Å². The molecular formula is C15H17FN2O2S. The molecule has 6 heteroatoms. The minimum atomic E-state index is -3.30. The predicted octanol–water partition coefficient (Wildman–Crippen LogP) is 3.12. The Morgan fingerprint density at radius 3 is 2.52 bits per heavy atom. The van der Waals surface area contributed by atoms with Crippen LogP contribution in [0.2, 0.25) is 0 Å². The first-order chi connectivity index (χ1) is 9.83. The molecular weight excluding hydrogens is 291 g/mol. The Balaban J connectivity index is 2.10. The van der Waals surface area contributed by atoms with Gasteiger partial charge in [-0.1, -0.05) is 12.1 Å². The van der Waals surface area contributed by atoms with E-state index in [1.54, 1.807) is 24.3 Å².